The van der Waals surface area contributed by atoms with E-state index in [1.165, 1.54) is 0 Å². The third kappa shape index (κ3) is 2.72. The molecule has 1 aromatic rings. The van der Waals surface area contributed by atoms with Crippen LogP contribution in [0.2, 0.25) is 0 Å². The van der Waals surface area contributed by atoms with Gasteiger partial charge in [-0.05, 0) is 12.5 Å². The van der Waals surface area contributed by atoms with Crippen molar-refractivity contribution in [2.75, 3.05) is 0 Å². The SMILES string of the molecule is C=C(C)C(C)(C)C(Cc1ccccc1)=NO. The van der Waals surface area contributed by atoms with Gasteiger partial charge in [-0.15, -0.1) is 0 Å². The highest BCUT2D eigenvalue weighted by Gasteiger charge is 2.26. The first-order valence-corrected chi connectivity index (χ1v) is 5.39. The topological polar surface area (TPSA) is 32.6 Å². The highest BCUT2D eigenvalue weighted by Crippen LogP contribution is 2.28. The molecule has 0 aromatic heterocycles. The summed E-state index contributed by atoms with van der Waals surface area (Å²) >= 11 is 0. The van der Waals surface area contributed by atoms with Gasteiger partial charge in [0.25, 0.3) is 0 Å². The largest absolute Gasteiger partial charge is 0.411 e. The Bertz CT molecular complexity index is 390. The van der Waals surface area contributed by atoms with Crippen LogP contribution in [-0.4, -0.2) is 10.9 Å². The molecule has 0 heterocycles. The molecule has 16 heavy (non-hydrogen) atoms. The zero-order valence-electron chi connectivity index (χ0n) is 10.2. The maximum Gasteiger partial charge on any atom is 0.0710 e. The third-order valence-electron chi connectivity index (χ3n) is 3.12. The van der Waals surface area contributed by atoms with Gasteiger partial charge in [-0.2, -0.15) is 0 Å². The lowest BCUT2D eigenvalue weighted by molar-refractivity contribution is 0.310. The van der Waals surface area contributed by atoms with Crippen LogP contribution < -0.4 is 0 Å². The quantitative estimate of drug-likeness (QED) is 0.355. The molecule has 0 aliphatic rings. The van der Waals surface area contributed by atoms with Crippen LogP contribution in [0, 0.1) is 5.41 Å². The summed E-state index contributed by atoms with van der Waals surface area (Å²) < 4.78 is 0. The molecular weight excluding hydrogens is 198 g/mol. The number of oxime groups is 1. The molecule has 0 fully saturated rings. The molecule has 0 amide bonds. The van der Waals surface area contributed by atoms with Gasteiger partial charge < -0.3 is 5.21 Å². The minimum atomic E-state index is -0.273. The second kappa shape index (κ2) is 4.97. The standard InChI is InChI=1S/C14H19NO/c1-11(2)14(3,4)13(15-16)10-12-8-6-5-7-9-12/h5-9,16H,1,10H2,2-4H3. The van der Waals surface area contributed by atoms with Gasteiger partial charge in [0.15, 0.2) is 0 Å². The van der Waals surface area contributed by atoms with E-state index in [1.807, 2.05) is 51.1 Å². The Morgan fingerprint density at radius 2 is 1.88 bits per heavy atom. The normalized spacial score (nSPS) is 12.6. The summed E-state index contributed by atoms with van der Waals surface area (Å²) in [6.07, 6.45) is 0.650. The van der Waals surface area contributed by atoms with Gasteiger partial charge in [0.2, 0.25) is 0 Å². The van der Waals surface area contributed by atoms with Crippen molar-refractivity contribution in [3.63, 3.8) is 0 Å². The molecular formula is C14H19NO. The molecule has 0 unspecified atom stereocenters. The summed E-state index contributed by atoms with van der Waals surface area (Å²) in [4.78, 5) is 0. The van der Waals surface area contributed by atoms with Gasteiger partial charge in [-0.3, -0.25) is 0 Å². The third-order valence-corrected chi connectivity index (χ3v) is 3.12. The smallest absolute Gasteiger partial charge is 0.0710 e. The van der Waals surface area contributed by atoms with Gasteiger partial charge in [-0.1, -0.05) is 61.5 Å². The lowest BCUT2D eigenvalue weighted by Crippen LogP contribution is -2.27. The van der Waals surface area contributed by atoms with Crippen molar-refractivity contribution in [3.05, 3.63) is 48.0 Å². The molecule has 0 saturated carbocycles. The van der Waals surface area contributed by atoms with Crippen molar-refractivity contribution >= 4 is 5.71 Å². The van der Waals surface area contributed by atoms with Crippen molar-refractivity contribution in [2.45, 2.75) is 27.2 Å². The molecule has 0 aliphatic carbocycles. The molecule has 1 N–H and O–H groups in total. The minimum Gasteiger partial charge on any atom is -0.411 e. The monoisotopic (exact) mass is 217 g/mol. The molecule has 0 spiro atoms. The first-order valence-electron chi connectivity index (χ1n) is 5.39. The van der Waals surface area contributed by atoms with Gasteiger partial charge in [0.05, 0.1) is 5.71 Å². The molecule has 0 radical (unpaired) electrons. The number of benzene rings is 1. The Hall–Kier alpha value is -1.57. The number of hydrogen-bond acceptors (Lipinski definition) is 2. The maximum absolute atomic E-state index is 9.12. The van der Waals surface area contributed by atoms with E-state index in [2.05, 4.69) is 11.7 Å². The first kappa shape index (κ1) is 12.5. The van der Waals surface area contributed by atoms with Crippen LogP contribution in [0.25, 0.3) is 0 Å². The maximum atomic E-state index is 9.12. The predicted octanol–water partition coefficient (Wildman–Crippen LogP) is 3.66. The highest BCUT2D eigenvalue weighted by molar-refractivity contribution is 5.93. The molecule has 1 rings (SSSR count). The van der Waals surface area contributed by atoms with Gasteiger partial charge in [0, 0.05) is 11.8 Å². The van der Waals surface area contributed by atoms with E-state index in [0.29, 0.717) is 6.42 Å². The molecule has 0 atom stereocenters. The van der Waals surface area contributed by atoms with Crippen LogP contribution in [-0.2, 0) is 6.42 Å². The van der Waals surface area contributed by atoms with E-state index < -0.39 is 0 Å². The fourth-order valence-corrected chi connectivity index (χ4v) is 1.42. The van der Waals surface area contributed by atoms with E-state index in [-0.39, 0.29) is 5.41 Å². The Balaban J connectivity index is 2.91. The summed E-state index contributed by atoms with van der Waals surface area (Å²) in [5.41, 5.74) is 2.61. The fraction of sp³-hybridized carbons (Fsp3) is 0.357. The zero-order chi connectivity index (χ0) is 12.2. The van der Waals surface area contributed by atoms with Crippen LogP contribution in [0.1, 0.15) is 26.3 Å². The summed E-state index contributed by atoms with van der Waals surface area (Å²) in [6.45, 7) is 9.94. The predicted molar refractivity (Wildman–Crippen MR) is 68.0 cm³/mol. The van der Waals surface area contributed by atoms with Crippen LogP contribution in [0.5, 0.6) is 0 Å². The summed E-state index contributed by atoms with van der Waals surface area (Å²) in [6, 6.07) is 10.00. The average molecular weight is 217 g/mol. The van der Waals surface area contributed by atoms with Crippen molar-refractivity contribution < 1.29 is 5.21 Å². The van der Waals surface area contributed by atoms with Crippen LogP contribution in [0.15, 0.2) is 47.6 Å². The van der Waals surface area contributed by atoms with Crippen molar-refractivity contribution in [2.24, 2.45) is 10.6 Å². The second-order valence-corrected chi connectivity index (χ2v) is 4.61. The molecule has 1 aromatic carbocycles. The Labute approximate surface area is 97.3 Å². The van der Waals surface area contributed by atoms with Gasteiger partial charge in [-0.25, -0.2) is 0 Å². The van der Waals surface area contributed by atoms with Crippen molar-refractivity contribution in [1.82, 2.24) is 0 Å². The Kier molecular flexibility index (Phi) is 3.88. The van der Waals surface area contributed by atoms with Crippen LogP contribution in [0.4, 0.5) is 0 Å². The molecule has 2 heteroatoms. The number of hydrogen-bond donors (Lipinski definition) is 1. The van der Waals surface area contributed by atoms with E-state index in [0.717, 1.165) is 16.8 Å². The van der Waals surface area contributed by atoms with Crippen molar-refractivity contribution in [1.29, 1.82) is 0 Å². The minimum absolute atomic E-state index is 0.273. The van der Waals surface area contributed by atoms with E-state index in [1.54, 1.807) is 0 Å². The molecule has 0 bridgehead atoms. The first-order chi connectivity index (χ1) is 7.48. The lowest BCUT2D eigenvalue weighted by atomic mass is 9.79. The Morgan fingerprint density at radius 3 is 2.31 bits per heavy atom. The zero-order valence-corrected chi connectivity index (χ0v) is 10.2. The van der Waals surface area contributed by atoms with Crippen LogP contribution >= 0.6 is 0 Å². The summed E-state index contributed by atoms with van der Waals surface area (Å²) in [5.74, 6) is 0. The van der Waals surface area contributed by atoms with Gasteiger partial charge >= 0.3 is 0 Å². The molecule has 86 valence electrons. The van der Waals surface area contributed by atoms with E-state index in [4.69, 9.17) is 5.21 Å². The lowest BCUT2D eigenvalue weighted by Gasteiger charge is -2.26. The van der Waals surface area contributed by atoms with E-state index >= 15 is 0 Å². The summed E-state index contributed by atoms with van der Waals surface area (Å²) in [5, 5.41) is 12.6. The number of rotatable bonds is 4. The van der Waals surface area contributed by atoms with Gasteiger partial charge in [0.1, 0.15) is 0 Å². The number of allylic oxidation sites excluding steroid dienone is 1. The average Bonchev–Trinajstić information content (AvgIpc) is 2.26. The second-order valence-electron chi connectivity index (χ2n) is 4.61. The van der Waals surface area contributed by atoms with E-state index in [9.17, 15) is 0 Å². The Morgan fingerprint density at radius 1 is 1.31 bits per heavy atom. The fourth-order valence-electron chi connectivity index (χ4n) is 1.42. The summed E-state index contributed by atoms with van der Waals surface area (Å²) in [7, 11) is 0. The van der Waals surface area contributed by atoms with Crippen molar-refractivity contribution in [3.8, 4) is 0 Å². The molecule has 0 aliphatic heterocycles. The highest BCUT2D eigenvalue weighted by atomic mass is 16.4. The number of nitrogens with zero attached hydrogens (tertiary/aromatic N) is 1. The van der Waals surface area contributed by atoms with Crippen LogP contribution in [0.3, 0.4) is 0 Å². The molecule has 0 saturated heterocycles. The molecule has 2 nitrogen and oxygen atoms in total.